The van der Waals surface area contributed by atoms with Crippen LogP contribution in [0.5, 0.6) is 0 Å². The third-order valence-corrected chi connectivity index (χ3v) is 3.81. The molecule has 0 saturated heterocycles. The zero-order chi connectivity index (χ0) is 20.3. The fourth-order valence-corrected chi connectivity index (χ4v) is 2.28. The van der Waals surface area contributed by atoms with Gasteiger partial charge < -0.3 is 15.4 Å². The molecule has 27 heavy (non-hydrogen) atoms. The predicted octanol–water partition coefficient (Wildman–Crippen LogP) is -3.38. The second-order valence-corrected chi connectivity index (χ2v) is 5.71. The van der Waals surface area contributed by atoms with Gasteiger partial charge in [0.2, 0.25) is 11.8 Å². The highest BCUT2D eigenvalue weighted by Gasteiger charge is 2.20. The van der Waals surface area contributed by atoms with Gasteiger partial charge in [-0.2, -0.15) is 0 Å². The Bertz CT molecular complexity index is 1020. The van der Waals surface area contributed by atoms with Crippen LogP contribution in [0.4, 0.5) is 0 Å². The third kappa shape index (κ3) is 4.02. The van der Waals surface area contributed by atoms with Crippen LogP contribution in [-0.2, 0) is 39.8 Å². The predicted molar refractivity (Wildman–Crippen MR) is 90.6 cm³/mol. The molecular formula is C14H19N7O6. The number of carbonyl (C=O) groups is 3. The second-order valence-electron chi connectivity index (χ2n) is 5.71. The molecule has 0 fully saturated rings. The van der Waals surface area contributed by atoms with Gasteiger partial charge in [-0.1, -0.05) is 5.21 Å². The lowest BCUT2D eigenvalue weighted by Crippen LogP contribution is -2.47. The zero-order valence-electron chi connectivity index (χ0n) is 15.2. The van der Waals surface area contributed by atoms with E-state index in [2.05, 4.69) is 25.7 Å². The van der Waals surface area contributed by atoms with E-state index >= 15 is 0 Å². The number of nitrogens with zero attached hydrogens (tertiary/aromatic N) is 5. The number of carbonyl (C=O) groups excluding carboxylic acids is 3. The van der Waals surface area contributed by atoms with E-state index in [1.165, 1.54) is 28.1 Å². The summed E-state index contributed by atoms with van der Waals surface area (Å²) in [5.74, 6) is -1.83. The molecule has 2 amide bonds. The highest BCUT2D eigenvalue weighted by Crippen LogP contribution is 2.02. The number of hydrogen-bond acceptors (Lipinski definition) is 8. The van der Waals surface area contributed by atoms with Crippen LogP contribution >= 0.6 is 0 Å². The summed E-state index contributed by atoms with van der Waals surface area (Å²) >= 11 is 0. The minimum Gasteiger partial charge on any atom is -0.468 e. The first-order valence-electron chi connectivity index (χ1n) is 7.80. The number of esters is 1. The lowest BCUT2D eigenvalue weighted by molar-refractivity contribution is -0.141. The van der Waals surface area contributed by atoms with Crippen molar-refractivity contribution < 1.29 is 19.1 Å². The molecule has 0 aliphatic carbocycles. The average molecular weight is 381 g/mol. The Morgan fingerprint density at radius 2 is 1.85 bits per heavy atom. The van der Waals surface area contributed by atoms with Crippen LogP contribution in [0, 0.1) is 0 Å². The Balaban J connectivity index is 2.13. The summed E-state index contributed by atoms with van der Waals surface area (Å²) in [4.78, 5) is 59.2. The fraction of sp³-hybridized carbons (Fsp3) is 0.500. The van der Waals surface area contributed by atoms with Crippen LogP contribution in [0.25, 0.3) is 11.2 Å². The van der Waals surface area contributed by atoms with Crippen LogP contribution in [0.2, 0.25) is 0 Å². The van der Waals surface area contributed by atoms with E-state index in [1.807, 2.05) is 0 Å². The molecule has 2 aromatic rings. The van der Waals surface area contributed by atoms with E-state index in [1.54, 1.807) is 0 Å². The number of aryl methyl sites for hydroxylation is 1. The van der Waals surface area contributed by atoms with E-state index in [0.717, 1.165) is 13.8 Å². The Kier molecular flexibility index (Phi) is 5.72. The topological polar surface area (TPSA) is 159 Å². The molecule has 0 bridgehead atoms. The van der Waals surface area contributed by atoms with Gasteiger partial charge in [0.05, 0.1) is 7.11 Å². The number of amides is 2. The zero-order valence-corrected chi connectivity index (χ0v) is 15.2. The lowest BCUT2D eigenvalue weighted by atomic mass is 10.3. The van der Waals surface area contributed by atoms with E-state index in [0.29, 0.717) is 0 Å². The largest absolute Gasteiger partial charge is 0.468 e. The molecule has 2 N–H and O–H groups in total. The maximum atomic E-state index is 12.3. The van der Waals surface area contributed by atoms with Gasteiger partial charge in [-0.15, -0.1) is 5.10 Å². The molecule has 0 spiro atoms. The molecule has 0 saturated carbocycles. The molecule has 1 atom stereocenters. The Morgan fingerprint density at radius 1 is 1.19 bits per heavy atom. The molecule has 146 valence electrons. The first-order valence-corrected chi connectivity index (χ1v) is 7.80. The summed E-state index contributed by atoms with van der Waals surface area (Å²) in [7, 11) is 3.91. The summed E-state index contributed by atoms with van der Waals surface area (Å²) in [6, 6.07) is -0.941. The van der Waals surface area contributed by atoms with Gasteiger partial charge in [-0.05, 0) is 6.92 Å². The molecular weight excluding hydrogens is 362 g/mol. The Morgan fingerprint density at radius 3 is 2.48 bits per heavy atom. The molecule has 0 aromatic carbocycles. The van der Waals surface area contributed by atoms with Crippen molar-refractivity contribution in [1.82, 2.24) is 34.8 Å². The van der Waals surface area contributed by atoms with Crippen molar-refractivity contribution in [3.05, 3.63) is 20.8 Å². The van der Waals surface area contributed by atoms with Crippen molar-refractivity contribution in [3.8, 4) is 0 Å². The number of nitrogens with one attached hydrogen (secondary N) is 2. The summed E-state index contributed by atoms with van der Waals surface area (Å²) in [6.45, 7) is 0.707. The van der Waals surface area contributed by atoms with E-state index in [9.17, 15) is 24.0 Å². The summed E-state index contributed by atoms with van der Waals surface area (Å²) in [6.07, 6.45) is 0. The molecule has 0 aliphatic rings. The van der Waals surface area contributed by atoms with E-state index < -0.39 is 41.6 Å². The first-order chi connectivity index (χ1) is 12.7. The van der Waals surface area contributed by atoms with Gasteiger partial charge in [-0.25, -0.2) is 9.48 Å². The standard InChI is InChI=1S/C14H19N7O6/c1-7(12(24)15-5-9(23)27-4)16-8(22)6-21-10-11(17-18-21)19(2)14(26)20(3)13(10)25/h7H,5-6H2,1-4H3,(H,15,24)(H,16,22)/t7-/m0/s1. The number of aromatic nitrogens is 5. The first kappa shape index (κ1) is 19.8. The van der Waals surface area contributed by atoms with Crippen molar-refractivity contribution in [2.75, 3.05) is 13.7 Å². The van der Waals surface area contributed by atoms with Crippen LogP contribution in [-0.4, -0.2) is 61.6 Å². The van der Waals surface area contributed by atoms with Gasteiger partial charge >= 0.3 is 11.7 Å². The maximum Gasteiger partial charge on any atom is 0.332 e. The van der Waals surface area contributed by atoms with Crippen molar-refractivity contribution in [3.63, 3.8) is 0 Å². The fourth-order valence-electron chi connectivity index (χ4n) is 2.28. The molecule has 0 aliphatic heterocycles. The number of hydrogen-bond donors (Lipinski definition) is 2. The van der Waals surface area contributed by atoms with Gasteiger partial charge in [-0.3, -0.25) is 28.3 Å². The quantitative estimate of drug-likeness (QED) is 0.490. The van der Waals surface area contributed by atoms with E-state index in [4.69, 9.17) is 0 Å². The summed E-state index contributed by atoms with van der Waals surface area (Å²) in [5.41, 5.74) is -1.19. The van der Waals surface area contributed by atoms with Crippen molar-refractivity contribution in [2.45, 2.75) is 19.5 Å². The van der Waals surface area contributed by atoms with Crippen LogP contribution in [0.1, 0.15) is 6.92 Å². The number of fused-ring (bicyclic) bond motifs is 1. The Labute approximate surface area is 151 Å². The second kappa shape index (κ2) is 7.80. The molecule has 0 unspecified atom stereocenters. The van der Waals surface area contributed by atoms with Gasteiger partial charge in [0.1, 0.15) is 19.1 Å². The van der Waals surface area contributed by atoms with Crippen LogP contribution in [0.3, 0.4) is 0 Å². The average Bonchev–Trinajstić information content (AvgIpc) is 3.05. The van der Waals surface area contributed by atoms with Crippen molar-refractivity contribution in [1.29, 1.82) is 0 Å². The number of methoxy groups -OCH3 is 1. The smallest absolute Gasteiger partial charge is 0.332 e. The molecule has 13 heteroatoms. The van der Waals surface area contributed by atoms with Gasteiger partial charge in [0, 0.05) is 14.1 Å². The highest BCUT2D eigenvalue weighted by atomic mass is 16.5. The molecule has 0 radical (unpaired) electrons. The Hall–Kier alpha value is -3.51. The highest BCUT2D eigenvalue weighted by molar-refractivity contribution is 5.89. The molecule has 2 aromatic heterocycles. The number of ether oxygens (including phenoxy) is 1. The minimum atomic E-state index is -0.941. The molecule has 2 heterocycles. The summed E-state index contributed by atoms with van der Waals surface area (Å²) in [5, 5.41) is 12.2. The minimum absolute atomic E-state index is 0.0162. The summed E-state index contributed by atoms with van der Waals surface area (Å²) < 4.78 is 7.46. The maximum absolute atomic E-state index is 12.3. The van der Waals surface area contributed by atoms with Crippen molar-refractivity contribution in [2.24, 2.45) is 14.1 Å². The number of rotatable bonds is 6. The SMILES string of the molecule is COC(=O)CNC(=O)[C@H](C)NC(=O)Cn1nnc2c1c(=O)n(C)c(=O)n2C. The van der Waals surface area contributed by atoms with E-state index in [-0.39, 0.29) is 17.7 Å². The van der Waals surface area contributed by atoms with Gasteiger partial charge in [0.25, 0.3) is 5.56 Å². The third-order valence-electron chi connectivity index (χ3n) is 3.81. The van der Waals surface area contributed by atoms with Crippen LogP contribution in [0.15, 0.2) is 9.59 Å². The monoisotopic (exact) mass is 381 g/mol. The van der Waals surface area contributed by atoms with Crippen LogP contribution < -0.4 is 21.9 Å². The van der Waals surface area contributed by atoms with Gasteiger partial charge in [0.15, 0.2) is 11.2 Å². The van der Waals surface area contributed by atoms with Crippen molar-refractivity contribution >= 4 is 28.9 Å². The lowest BCUT2D eigenvalue weighted by Gasteiger charge is -2.13. The molecule has 2 rings (SSSR count). The molecule has 13 nitrogen and oxygen atoms in total. The normalized spacial score (nSPS) is 11.9.